The molecule has 2 rings (SSSR count). The van der Waals surface area contributed by atoms with E-state index in [4.69, 9.17) is 18.0 Å². The van der Waals surface area contributed by atoms with Gasteiger partial charge in [0.05, 0.1) is 0 Å². The minimum atomic E-state index is -4.23. The molecule has 2 aromatic rings. The van der Waals surface area contributed by atoms with Crippen molar-refractivity contribution in [3.05, 3.63) is 36.0 Å². The molecule has 0 unspecified atom stereocenters. The number of hydrogen-bond acceptors (Lipinski definition) is 1. The maximum absolute atomic E-state index is 12.3. The van der Waals surface area contributed by atoms with Crippen molar-refractivity contribution in [2.45, 2.75) is 12.7 Å². The van der Waals surface area contributed by atoms with Gasteiger partial charge < -0.3 is 10.3 Å². The second-order valence-electron chi connectivity index (χ2n) is 3.70. The number of rotatable bonds is 2. The van der Waals surface area contributed by atoms with Crippen LogP contribution >= 0.6 is 12.2 Å². The van der Waals surface area contributed by atoms with Gasteiger partial charge in [-0.05, 0) is 24.3 Å². The van der Waals surface area contributed by atoms with E-state index in [0.717, 1.165) is 4.57 Å². The Morgan fingerprint density at radius 2 is 2.00 bits per heavy atom. The zero-order valence-corrected chi connectivity index (χ0v) is 9.48. The zero-order chi connectivity index (χ0) is 12.6. The molecule has 0 amide bonds. The summed E-state index contributed by atoms with van der Waals surface area (Å²) in [6.07, 6.45) is -2.82. The van der Waals surface area contributed by atoms with Gasteiger partial charge in [-0.15, -0.1) is 0 Å². The van der Waals surface area contributed by atoms with Crippen LogP contribution in [0.5, 0.6) is 0 Å². The van der Waals surface area contributed by atoms with Crippen LogP contribution < -0.4 is 5.73 Å². The molecule has 2 nitrogen and oxygen atoms in total. The van der Waals surface area contributed by atoms with Crippen LogP contribution in [0.15, 0.2) is 30.5 Å². The van der Waals surface area contributed by atoms with Gasteiger partial charge in [-0.3, -0.25) is 0 Å². The number of aromatic nitrogens is 1. The maximum atomic E-state index is 12.3. The second kappa shape index (κ2) is 4.03. The third kappa shape index (κ3) is 2.58. The largest absolute Gasteiger partial charge is 0.406 e. The topological polar surface area (TPSA) is 30.9 Å². The molecule has 0 fully saturated rings. The summed E-state index contributed by atoms with van der Waals surface area (Å²) >= 11 is 4.81. The van der Waals surface area contributed by atoms with E-state index < -0.39 is 12.7 Å². The van der Waals surface area contributed by atoms with Crippen LogP contribution in [0.2, 0.25) is 0 Å². The molecular weight excluding hydrogens is 249 g/mol. The molecular formula is C11H9F3N2S. The first-order valence-electron chi connectivity index (χ1n) is 4.82. The lowest BCUT2D eigenvalue weighted by molar-refractivity contribution is -0.139. The molecule has 2 N–H and O–H groups in total. The molecule has 1 aromatic carbocycles. The van der Waals surface area contributed by atoms with Crippen molar-refractivity contribution in [2.24, 2.45) is 5.73 Å². The number of nitrogens with two attached hydrogens (primary N) is 1. The van der Waals surface area contributed by atoms with Gasteiger partial charge in [0.2, 0.25) is 0 Å². The molecule has 0 radical (unpaired) electrons. The lowest BCUT2D eigenvalue weighted by atomic mass is 10.1. The van der Waals surface area contributed by atoms with Crippen LogP contribution in [0.3, 0.4) is 0 Å². The Hall–Kier alpha value is -1.56. The number of alkyl halides is 3. The van der Waals surface area contributed by atoms with Crippen molar-refractivity contribution in [1.29, 1.82) is 0 Å². The van der Waals surface area contributed by atoms with Gasteiger partial charge in [-0.1, -0.05) is 12.2 Å². The monoisotopic (exact) mass is 258 g/mol. The minimum absolute atomic E-state index is 0.232. The quantitative estimate of drug-likeness (QED) is 0.840. The third-order valence-electron chi connectivity index (χ3n) is 2.41. The average Bonchev–Trinajstić information content (AvgIpc) is 2.58. The van der Waals surface area contributed by atoms with Crippen LogP contribution in [0, 0.1) is 0 Å². The SMILES string of the molecule is NC(=S)c1ccc2c(ccn2CC(F)(F)F)c1. The number of thiocarbonyl (C=S) groups is 1. The fourth-order valence-electron chi connectivity index (χ4n) is 1.68. The minimum Gasteiger partial charge on any atom is -0.389 e. The van der Waals surface area contributed by atoms with Crippen molar-refractivity contribution in [2.75, 3.05) is 0 Å². The maximum Gasteiger partial charge on any atom is 0.406 e. The van der Waals surface area contributed by atoms with Gasteiger partial charge >= 0.3 is 6.18 Å². The summed E-state index contributed by atoms with van der Waals surface area (Å²) in [7, 11) is 0. The smallest absolute Gasteiger partial charge is 0.389 e. The van der Waals surface area contributed by atoms with Crippen molar-refractivity contribution >= 4 is 28.1 Å². The third-order valence-corrected chi connectivity index (χ3v) is 2.64. The molecule has 0 atom stereocenters. The molecule has 0 aliphatic heterocycles. The number of nitrogens with zero attached hydrogens (tertiary/aromatic N) is 1. The Morgan fingerprint density at radius 1 is 1.29 bits per heavy atom. The Kier molecular flexibility index (Phi) is 2.82. The fraction of sp³-hybridized carbons (Fsp3) is 0.182. The molecule has 17 heavy (non-hydrogen) atoms. The van der Waals surface area contributed by atoms with Gasteiger partial charge in [0.15, 0.2) is 0 Å². The first kappa shape index (κ1) is 11.9. The van der Waals surface area contributed by atoms with Gasteiger partial charge in [-0.2, -0.15) is 13.2 Å². The van der Waals surface area contributed by atoms with E-state index in [-0.39, 0.29) is 4.99 Å². The Balaban J connectivity index is 2.45. The van der Waals surface area contributed by atoms with Crippen molar-refractivity contribution in [3.63, 3.8) is 0 Å². The summed E-state index contributed by atoms with van der Waals surface area (Å²) in [5.41, 5.74) is 6.62. The van der Waals surface area contributed by atoms with Gasteiger partial charge in [-0.25, -0.2) is 0 Å². The number of fused-ring (bicyclic) bond motifs is 1. The summed E-state index contributed by atoms with van der Waals surface area (Å²) in [6.45, 7) is -0.997. The molecule has 0 spiro atoms. The standard InChI is InChI=1S/C11H9F3N2S/c12-11(13,14)6-16-4-3-7-5-8(10(15)17)1-2-9(7)16/h1-5H,6H2,(H2,15,17). The first-order chi connectivity index (χ1) is 7.87. The van der Waals surface area contributed by atoms with Gasteiger partial charge in [0.25, 0.3) is 0 Å². The van der Waals surface area contributed by atoms with E-state index in [9.17, 15) is 13.2 Å². The van der Waals surface area contributed by atoms with E-state index in [2.05, 4.69) is 0 Å². The summed E-state index contributed by atoms with van der Waals surface area (Å²) < 4.78 is 38.0. The van der Waals surface area contributed by atoms with Crippen LogP contribution in [0.1, 0.15) is 5.56 Å². The molecule has 1 aromatic heterocycles. The molecule has 90 valence electrons. The van der Waals surface area contributed by atoms with E-state index in [1.807, 2.05) is 0 Å². The fourth-order valence-corrected chi connectivity index (χ4v) is 1.81. The summed E-state index contributed by atoms with van der Waals surface area (Å²) in [4.78, 5) is 0.232. The molecule has 0 aliphatic rings. The highest BCUT2D eigenvalue weighted by Gasteiger charge is 2.28. The van der Waals surface area contributed by atoms with Crippen LogP contribution in [-0.4, -0.2) is 15.7 Å². The summed E-state index contributed by atoms with van der Waals surface area (Å²) in [6, 6.07) is 6.51. The number of hydrogen-bond donors (Lipinski definition) is 1. The average molecular weight is 258 g/mol. The predicted molar refractivity (Wildman–Crippen MR) is 63.9 cm³/mol. The normalized spacial score (nSPS) is 11.9. The second-order valence-corrected chi connectivity index (χ2v) is 4.14. The van der Waals surface area contributed by atoms with Crippen LogP contribution in [-0.2, 0) is 6.54 Å². The Morgan fingerprint density at radius 3 is 2.59 bits per heavy atom. The highest BCUT2D eigenvalue weighted by atomic mass is 32.1. The molecule has 0 saturated heterocycles. The Bertz CT molecular complexity index is 572. The van der Waals surface area contributed by atoms with Crippen LogP contribution in [0.25, 0.3) is 10.9 Å². The lowest BCUT2D eigenvalue weighted by Crippen LogP contribution is -2.16. The molecule has 6 heteroatoms. The van der Waals surface area contributed by atoms with Crippen molar-refractivity contribution < 1.29 is 13.2 Å². The van der Waals surface area contributed by atoms with Crippen molar-refractivity contribution in [1.82, 2.24) is 4.57 Å². The predicted octanol–water partition coefficient (Wildman–Crippen LogP) is 2.84. The van der Waals surface area contributed by atoms with E-state index >= 15 is 0 Å². The molecule has 0 aliphatic carbocycles. The van der Waals surface area contributed by atoms with E-state index in [1.165, 1.54) is 6.20 Å². The summed E-state index contributed by atoms with van der Waals surface area (Å²) in [5.74, 6) is 0. The van der Waals surface area contributed by atoms with Crippen LogP contribution in [0.4, 0.5) is 13.2 Å². The van der Waals surface area contributed by atoms with E-state index in [0.29, 0.717) is 16.5 Å². The van der Waals surface area contributed by atoms with Gasteiger partial charge in [0, 0.05) is 22.7 Å². The summed E-state index contributed by atoms with van der Waals surface area (Å²) in [5, 5.41) is 0.694. The highest BCUT2D eigenvalue weighted by Crippen LogP contribution is 2.23. The Labute approximate surface area is 101 Å². The lowest BCUT2D eigenvalue weighted by Gasteiger charge is -2.09. The van der Waals surface area contributed by atoms with E-state index in [1.54, 1.807) is 24.3 Å². The van der Waals surface area contributed by atoms with Crippen molar-refractivity contribution in [3.8, 4) is 0 Å². The van der Waals surface area contributed by atoms with Gasteiger partial charge in [0.1, 0.15) is 11.5 Å². The highest BCUT2D eigenvalue weighted by molar-refractivity contribution is 7.80. The molecule has 1 heterocycles. The number of halogens is 3. The molecule has 0 bridgehead atoms. The zero-order valence-electron chi connectivity index (χ0n) is 8.66. The molecule has 0 saturated carbocycles. The number of benzene rings is 1. The first-order valence-corrected chi connectivity index (χ1v) is 5.23.